The maximum atomic E-state index is 6.00. The molecule has 2 atom stereocenters. The summed E-state index contributed by atoms with van der Waals surface area (Å²) >= 11 is 0. The molecule has 2 saturated carbocycles. The van der Waals surface area contributed by atoms with Crippen LogP contribution in [0.1, 0.15) is 51.1 Å². The van der Waals surface area contributed by atoms with E-state index in [0.29, 0.717) is 17.6 Å². The second-order valence-electron chi connectivity index (χ2n) is 6.35. The van der Waals surface area contributed by atoms with Crippen molar-refractivity contribution in [2.24, 2.45) is 12.5 Å². The second kappa shape index (κ2) is 5.86. The number of hydrogen-bond donors (Lipinski definition) is 1. The van der Waals surface area contributed by atoms with Gasteiger partial charge in [-0.15, -0.1) is 0 Å². The standard InChI is InChI=1S/C16H27N3O/c1-3-20-15-11-14(16(15)8-5-4-6-9-16)17-12-13-7-10-18-19(13)2/h7,10,14-15,17H,3-6,8-9,11-12H2,1-2H3. The molecule has 112 valence electrons. The molecule has 0 saturated heterocycles. The van der Waals surface area contributed by atoms with Crippen molar-refractivity contribution in [1.82, 2.24) is 15.1 Å². The summed E-state index contributed by atoms with van der Waals surface area (Å²) in [6.07, 6.45) is 10.3. The molecular weight excluding hydrogens is 250 g/mol. The van der Waals surface area contributed by atoms with Gasteiger partial charge in [-0.25, -0.2) is 0 Å². The van der Waals surface area contributed by atoms with Crippen LogP contribution in [0, 0.1) is 5.41 Å². The Morgan fingerprint density at radius 3 is 2.85 bits per heavy atom. The van der Waals surface area contributed by atoms with E-state index < -0.39 is 0 Å². The average molecular weight is 277 g/mol. The van der Waals surface area contributed by atoms with Crippen LogP contribution in [0.15, 0.2) is 12.3 Å². The zero-order chi connectivity index (χ0) is 14.0. The van der Waals surface area contributed by atoms with Crippen molar-refractivity contribution in [2.75, 3.05) is 6.61 Å². The van der Waals surface area contributed by atoms with E-state index in [-0.39, 0.29) is 0 Å². The lowest BCUT2D eigenvalue weighted by molar-refractivity contribution is -0.150. The summed E-state index contributed by atoms with van der Waals surface area (Å²) in [4.78, 5) is 0. The van der Waals surface area contributed by atoms with Crippen LogP contribution in [-0.2, 0) is 18.3 Å². The lowest BCUT2D eigenvalue weighted by Crippen LogP contribution is -2.64. The molecule has 1 aromatic rings. The Balaban J connectivity index is 1.62. The van der Waals surface area contributed by atoms with Gasteiger partial charge in [-0.1, -0.05) is 19.3 Å². The van der Waals surface area contributed by atoms with Crippen molar-refractivity contribution in [3.05, 3.63) is 18.0 Å². The normalized spacial score (nSPS) is 28.5. The molecule has 1 N–H and O–H groups in total. The summed E-state index contributed by atoms with van der Waals surface area (Å²) in [5.41, 5.74) is 1.67. The number of hydrogen-bond acceptors (Lipinski definition) is 3. The molecular formula is C16H27N3O. The molecule has 0 aromatic carbocycles. The largest absolute Gasteiger partial charge is 0.378 e. The topological polar surface area (TPSA) is 39.1 Å². The highest BCUT2D eigenvalue weighted by molar-refractivity contribution is 5.10. The first-order valence-corrected chi connectivity index (χ1v) is 8.08. The third-order valence-electron chi connectivity index (χ3n) is 5.39. The molecule has 1 heterocycles. The van der Waals surface area contributed by atoms with Crippen LogP contribution >= 0.6 is 0 Å². The highest BCUT2D eigenvalue weighted by atomic mass is 16.5. The van der Waals surface area contributed by atoms with Gasteiger partial charge in [0.15, 0.2) is 0 Å². The summed E-state index contributed by atoms with van der Waals surface area (Å²) in [6, 6.07) is 2.72. The highest BCUT2D eigenvalue weighted by Crippen LogP contribution is 2.53. The molecule has 3 rings (SSSR count). The third-order valence-corrected chi connectivity index (χ3v) is 5.39. The van der Waals surface area contributed by atoms with E-state index in [9.17, 15) is 0 Å². The number of rotatable bonds is 5. The fourth-order valence-electron chi connectivity index (χ4n) is 4.15. The van der Waals surface area contributed by atoms with Crippen molar-refractivity contribution in [2.45, 2.75) is 64.1 Å². The van der Waals surface area contributed by atoms with Gasteiger partial charge >= 0.3 is 0 Å². The first-order chi connectivity index (χ1) is 9.76. The molecule has 4 heteroatoms. The van der Waals surface area contributed by atoms with Crippen LogP contribution in [0.4, 0.5) is 0 Å². The van der Waals surface area contributed by atoms with Gasteiger partial charge in [0.2, 0.25) is 0 Å². The van der Waals surface area contributed by atoms with Gasteiger partial charge in [-0.3, -0.25) is 4.68 Å². The Labute approximate surface area is 121 Å². The van der Waals surface area contributed by atoms with Gasteiger partial charge in [0.1, 0.15) is 0 Å². The van der Waals surface area contributed by atoms with Crippen LogP contribution in [0.2, 0.25) is 0 Å². The molecule has 0 radical (unpaired) electrons. The Morgan fingerprint density at radius 1 is 1.40 bits per heavy atom. The quantitative estimate of drug-likeness (QED) is 0.899. The SMILES string of the molecule is CCOC1CC(NCc2ccnn2C)C12CCCCC2. The van der Waals surface area contributed by atoms with Crippen LogP contribution in [0.3, 0.4) is 0 Å². The molecule has 2 fully saturated rings. The minimum absolute atomic E-state index is 0.410. The predicted octanol–water partition coefficient (Wildman–Crippen LogP) is 2.64. The zero-order valence-corrected chi connectivity index (χ0v) is 12.8. The Morgan fingerprint density at radius 2 is 2.20 bits per heavy atom. The van der Waals surface area contributed by atoms with Crippen molar-refractivity contribution in [3.8, 4) is 0 Å². The molecule has 0 aliphatic heterocycles. The van der Waals surface area contributed by atoms with E-state index in [2.05, 4.69) is 23.4 Å². The summed E-state index contributed by atoms with van der Waals surface area (Å²) < 4.78 is 7.96. The second-order valence-corrected chi connectivity index (χ2v) is 6.35. The van der Waals surface area contributed by atoms with Crippen LogP contribution in [-0.4, -0.2) is 28.5 Å². The smallest absolute Gasteiger partial charge is 0.0661 e. The number of aromatic nitrogens is 2. The van der Waals surface area contributed by atoms with E-state index >= 15 is 0 Å². The minimum atomic E-state index is 0.410. The molecule has 0 bridgehead atoms. The van der Waals surface area contributed by atoms with Gasteiger partial charge in [-0.2, -0.15) is 5.10 Å². The third kappa shape index (κ3) is 2.40. The lowest BCUT2D eigenvalue weighted by Gasteiger charge is -2.58. The molecule has 2 aliphatic carbocycles. The number of nitrogens with one attached hydrogen (secondary N) is 1. The molecule has 4 nitrogen and oxygen atoms in total. The fourth-order valence-corrected chi connectivity index (χ4v) is 4.15. The monoisotopic (exact) mass is 277 g/mol. The summed E-state index contributed by atoms with van der Waals surface area (Å²) in [6.45, 7) is 3.88. The Bertz CT molecular complexity index is 437. The van der Waals surface area contributed by atoms with Gasteiger partial charge in [-0.05, 0) is 32.3 Å². The molecule has 0 amide bonds. The molecule has 1 aromatic heterocycles. The van der Waals surface area contributed by atoms with E-state index in [1.54, 1.807) is 0 Å². The zero-order valence-electron chi connectivity index (χ0n) is 12.8. The Kier molecular flexibility index (Phi) is 4.13. The number of nitrogens with zero attached hydrogens (tertiary/aromatic N) is 2. The van der Waals surface area contributed by atoms with Crippen LogP contribution in [0.5, 0.6) is 0 Å². The fraction of sp³-hybridized carbons (Fsp3) is 0.812. The maximum Gasteiger partial charge on any atom is 0.0661 e. The molecule has 2 aliphatic rings. The van der Waals surface area contributed by atoms with Crippen LogP contribution in [0.25, 0.3) is 0 Å². The van der Waals surface area contributed by atoms with Gasteiger partial charge < -0.3 is 10.1 Å². The van der Waals surface area contributed by atoms with E-state index in [1.165, 1.54) is 44.2 Å². The summed E-state index contributed by atoms with van der Waals surface area (Å²) in [7, 11) is 2.01. The van der Waals surface area contributed by atoms with E-state index in [0.717, 1.165) is 13.2 Å². The van der Waals surface area contributed by atoms with Crippen molar-refractivity contribution < 1.29 is 4.74 Å². The van der Waals surface area contributed by atoms with Crippen LogP contribution < -0.4 is 5.32 Å². The van der Waals surface area contributed by atoms with Gasteiger partial charge in [0.25, 0.3) is 0 Å². The predicted molar refractivity (Wildman–Crippen MR) is 79.4 cm³/mol. The maximum absolute atomic E-state index is 6.00. The van der Waals surface area contributed by atoms with Gasteiger partial charge in [0.05, 0.1) is 11.8 Å². The number of ether oxygens (including phenoxy) is 1. The summed E-state index contributed by atoms with van der Waals surface area (Å²) in [5, 5.41) is 8.01. The minimum Gasteiger partial charge on any atom is -0.378 e. The molecule has 20 heavy (non-hydrogen) atoms. The highest BCUT2D eigenvalue weighted by Gasteiger charge is 2.55. The lowest BCUT2D eigenvalue weighted by atomic mass is 9.55. The summed E-state index contributed by atoms with van der Waals surface area (Å²) in [5.74, 6) is 0. The van der Waals surface area contributed by atoms with E-state index in [1.807, 2.05) is 17.9 Å². The van der Waals surface area contributed by atoms with Crippen molar-refractivity contribution >= 4 is 0 Å². The average Bonchev–Trinajstić information content (AvgIpc) is 2.88. The first-order valence-electron chi connectivity index (χ1n) is 8.08. The van der Waals surface area contributed by atoms with E-state index in [4.69, 9.17) is 4.74 Å². The van der Waals surface area contributed by atoms with Crippen molar-refractivity contribution in [1.29, 1.82) is 0 Å². The van der Waals surface area contributed by atoms with Crippen molar-refractivity contribution in [3.63, 3.8) is 0 Å². The first kappa shape index (κ1) is 14.1. The Hall–Kier alpha value is -0.870. The number of aryl methyl sites for hydroxylation is 1. The van der Waals surface area contributed by atoms with Gasteiger partial charge in [0, 0.05) is 37.9 Å². The molecule has 1 spiro atoms. The molecule has 2 unspecified atom stereocenters.